The highest BCUT2D eigenvalue weighted by molar-refractivity contribution is 4.80. The molecule has 0 saturated carbocycles. The van der Waals surface area contributed by atoms with Crippen molar-refractivity contribution in [3.05, 3.63) is 12.7 Å². The van der Waals surface area contributed by atoms with Gasteiger partial charge in [0.05, 0.1) is 6.61 Å². The van der Waals surface area contributed by atoms with Gasteiger partial charge in [-0.2, -0.15) is 0 Å². The Hall–Kier alpha value is -0.340. The Labute approximate surface area is 67.9 Å². The van der Waals surface area contributed by atoms with Crippen LogP contribution in [0.3, 0.4) is 0 Å². The maximum atomic E-state index is 9.40. The molecular formula is C9H16O2. The molecule has 1 aliphatic heterocycles. The van der Waals surface area contributed by atoms with Crippen LogP contribution in [0.15, 0.2) is 12.7 Å². The Morgan fingerprint density at radius 3 is 3.00 bits per heavy atom. The first-order chi connectivity index (χ1) is 5.25. The van der Waals surface area contributed by atoms with Crippen LogP contribution in [0.5, 0.6) is 0 Å². The quantitative estimate of drug-likeness (QED) is 0.615. The van der Waals surface area contributed by atoms with Gasteiger partial charge < -0.3 is 9.84 Å². The third-order valence-electron chi connectivity index (χ3n) is 2.40. The summed E-state index contributed by atoms with van der Waals surface area (Å²) in [5.74, 6) is 0.804. The van der Waals surface area contributed by atoms with E-state index in [4.69, 9.17) is 4.74 Å². The van der Waals surface area contributed by atoms with Gasteiger partial charge in [-0.3, -0.25) is 0 Å². The fourth-order valence-electron chi connectivity index (χ4n) is 1.53. The van der Waals surface area contributed by atoms with E-state index in [1.165, 1.54) is 0 Å². The van der Waals surface area contributed by atoms with Crippen LogP contribution in [0.1, 0.15) is 19.8 Å². The fourth-order valence-corrected chi connectivity index (χ4v) is 1.53. The van der Waals surface area contributed by atoms with Crippen molar-refractivity contribution in [3.63, 3.8) is 0 Å². The van der Waals surface area contributed by atoms with Crippen molar-refractivity contribution in [2.45, 2.75) is 26.1 Å². The van der Waals surface area contributed by atoms with E-state index in [9.17, 15) is 5.11 Å². The molecule has 1 fully saturated rings. The second kappa shape index (κ2) is 3.88. The minimum absolute atomic E-state index is 0.251. The summed E-state index contributed by atoms with van der Waals surface area (Å²) in [6.07, 6.45) is 3.17. The molecule has 64 valence electrons. The molecule has 11 heavy (non-hydrogen) atoms. The highest BCUT2D eigenvalue weighted by atomic mass is 16.6. The van der Waals surface area contributed by atoms with Crippen molar-refractivity contribution in [1.29, 1.82) is 0 Å². The molecule has 0 spiro atoms. The molecule has 2 nitrogen and oxygen atoms in total. The minimum atomic E-state index is -0.572. The Balaban J connectivity index is 2.47. The van der Waals surface area contributed by atoms with E-state index in [-0.39, 0.29) is 5.92 Å². The molecule has 1 N–H and O–H groups in total. The summed E-state index contributed by atoms with van der Waals surface area (Å²) in [6, 6.07) is 0. The molecule has 1 saturated heterocycles. The predicted molar refractivity (Wildman–Crippen MR) is 44.0 cm³/mol. The van der Waals surface area contributed by atoms with Crippen molar-refractivity contribution in [2.24, 2.45) is 11.8 Å². The molecule has 0 aliphatic carbocycles. The second-order valence-electron chi connectivity index (χ2n) is 3.22. The van der Waals surface area contributed by atoms with Crippen LogP contribution in [0, 0.1) is 11.8 Å². The number of rotatable bonds is 2. The third-order valence-corrected chi connectivity index (χ3v) is 2.40. The molecule has 0 aromatic carbocycles. The Morgan fingerprint density at radius 2 is 2.45 bits per heavy atom. The topological polar surface area (TPSA) is 29.5 Å². The zero-order valence-corrected chi connectivity index (χ0v) is 6.99. The molecule has 0 radical (unpaired) electrons. The Bertz CT molecular complexity index is 124. The van der Waals surface area contributed by atoms with Gasteiger partial charge in [0.15, 0.2) is 6.29 Å². The Morgan fingerprint density at radius 1 is 1.73 bits per heavy atom. The zero-order chi connectivity index (χ0) is 8.27. The van der Waals surface area contributed by atoms with Crippen LogP contribution < -0.4 is 0 Å². The largest absolute Gasteiger partial charge is 0.368 e. The van der Waals surface area contributed by atoms with E-state index in [0.29, 0.717) is 12.5 Å². The van der Waals surface area contributed by atoms with Crippen LogP contribution in [-0.2, 0) is 4.74 Å². The molecule has 3 atom stereocenters. The van der Waals surface area contributed by atoms with Gasteiger partial charge in [0.2, 0.25) is 0 Å². The molecule has 1 rings (SSSR count). The second-order valence-corrected chi connectivity index (χ2v) is 3.22. The maximum absolute atomic E-state index is 9.40. The van der Waals surface area contributed by atoms with E-state index in [0.717, 1.165) is 12.8 Å². The predicted octanol–water partition coefficient (Wildman–Crippen LogP) is 1.55. The summed E-state index contributed by atoms with van der Waals surface area (Å²) in [6.45, 7) is 6.50. The first-order valence-corrected chi connectivity index (χ1v) is 4.16. The molecule has 0 aromatic heterocycles. The zero-order valence-electron chi connectivity index (χ0n) is 6.99. The molecule has 1 aliphatic rings. The van der Waals surface area contributed by atoms with Crippen LogP contribution in [0.4, 0.5) is 0 Å². The van der Waals surface area contributed by atoms with E-state index in [1.54, 1.807) is 0 Å². The fraction of sp³-hybridized carbons (Fsp3) is 0.778. The summed E-state index contributed by atoms with van der Waals surface area (Å²) in [7, 11) is 0. The summed E-state index contributed by atoms with van der Waals surface area (Å²) >= 11 is 0. The van der Waals surface area contributed by atoms with Crippen molar-refractivity contribution in [3.8, 4) is 0 Å². The molecule has 2 heteroatoms. The van der Waals surface area contributed by atoms with Gasteiger partial charge in [0.25, 0.3) is 0 Å². The molecule has 3 unspecified atom stereocenters. The lowest BCUT2D eigenvalue weighted by molar-refractivity contribution is -0.173. The SMILES string of the molecule is C=CCC1C(C)CCOC1O. The number of aliphatic hydroxyl groups is 1. The van der Waals surface area contributed by atoms with Gasteiger partial charge >= 0.3 is 0 Å². The van der Waals surface area contributed by atoms with Crippen molar-refractivity contribution in [1.82, 2.24) is 0 Å². The lowest BCUT2D eigenvalue weighted by Crippen LogP contribution is -2.34. The third kappa shape index (κ3) is 2.04. The number of hydrogen-bond donors (Lipinski definition) is 1. The van der Waals surface area contributed by atoms with Crippen molar-refractivity contribution < 1.29 is 9.84 Å². The molecule has 1 heterocycles. The van der Waals surface area contributed by atoms with E-state index >= 15 is 0 Å². The summed E-state index contributed by atoms with van der Waals surface area (Å²) < 4.78 is 5.12. The van der Waals surface area contributed by atoms with E-state index < -0.39 is 6.29 Å². The minimum Gasteiger partial charge on any atom is -0.368 e. The van der Waals surface area contributed by atoms with E-state index in [2.05, 4.69) is 13.5 Å². The average Bonchev–Trinajstić information content (AvgIpc) is 1.97. The summed E-state index contributed by atoms with van der Waals surface area (Å²) in [4.78, 5) is 0. The standard InChI is InChI=1S/C9H16O2/c1-3-4-8-7(2)5-6-11-9(8)10/h3,7-10H,1,4-6H2,2H3. The van der Waals surface area contributed by atoms with Crippen LogP contribution >= 0.6 is 0 Å². The van der Waals surface area contributed by atoms with Gasteiger partial charge in [0.1, 0.15) is 0 Å². The number of hydrogen-bond acceptors (Lipinski definition) is 2. The monoisotopic (exact) mass is 156 g/mol. The van der Waals surface area contributed by atoms with Gasteiger partial charge in [0, 0.05) is 5.92 Å². The van der Waals surface area contributed by atoms with Crippen LogP contribution in [-0.4, -0.2) is 18.0 Å². The van der Waals surface area contributed by atoms with E-state index in [1.807, 2.05) is 6.08 Å². The lowest BCUT2D eigenvalue weighted by atomic mass is 9.86. The van der Waals surface area contributed by atoms with Gasteiger partial charge in [-0.15, -0.1) is 6.58 Å². The van der Waals surface area contributed by atoms with Gasteiger partial charge in [-0.25, -0.2) is 0 Å². The first kappa shape index (κ1) is 8.75. The number of aliphatic hydroxyl groups excluding tert-OH is 1. The van der Waals surface area contributed by atoms with Crippen molar-refractivity contribution in [2.75, 3.05) is 6.61 Å². The van der Waals surface area contributed by atoms with Gasteiger partial charge in [-0.1, -0.05) is 13.0 Å². The lowest BCUT2D eigenvalue weighted by Gasteiger charge is -2.32. The maximum Gasteiger partial charge on any atom is 0.157 e. The van der Waals surface area contributed by atoms with Crippen LogP contribution in [0.2, 0.25) is 0 Å². The molecule has 0 amide bonds. The number of allylic oxidation sites excluding steroid dienone is 1. The molecular weight excluding hydrogens is 140 g/mol. The smallest absolute Gasteiger partial charge is 0.157 e. The highest BCUT2D eigenvalue weighted by Crippen LogP contribution is 2.28. The summed E-state index contributed by atoms with van der Waals surface area (Å²) in [5, 5.41) is 9.40. The van der Waals surface area contributed by atoms with Crippen molar-refractivity contribution >= 4 is 0 Å². The summed E-state index contributed by atoms with van der Waals surface area (Å²) in [5.41, 5.74) is 0. The molecule has 0 aromatic rings. The van der Waals surface area contributed by atoms with Gasteiger partial charge in [-0.05, 0) is 18.8 Å². The number of ether oxygens (including phenoxy) is 1. The highest BCUT2D eigenvalue weighted by Gasteiger charge is 2.28. The molecule has 0 bridgehead atoms. The normalized spacial score (nSPS) is 38.5. The van der Waals surface area contributed by atoms with Crippen LogP contribution in [0.25, 0.3) is 0 Å². The average molecular weight is 156 g/mol. The Kier molecular flexibility index (Phi) is 3.09. The first-order valence-electron chi connectivity index (χ1n) is 4.16.